The zero-order chi connectivity index (χ0) is 23.5. The van der Waals surface area contributed by atoms with Gasteiger partial charge in [0, 0.05) is 13.1 Å². The molecule has 1 fully saturated rings. The Morgan fingerprint density at radius 3 is 2.45 bits per heavy atom. The van der Waals surface area contributed by atoms with Crippen molar-refractivity contribution in [2.45, 2.75) is 40.0 Å². The molecule has 0 N–H and O–H groups in total. The molecule has 0 atom stereocenters. The minimum atomic E-state index is 0.0277. The van der Waals surface area contributed by atoms with Gasteiger partial charge in [-0.05, 0) is 80.3 Å². The Bertz CT molecular complexity index is 1150. The number of carbonyl (C=O) groups is 1. The van der Waals surface area contributed by atoms with E-state index in [0.717, 1.165) is 34.0 Å². The average Bonchev–Trinajstić information content (AvgIpc) is 3.56. The molecular weight excluding hydrogens is 432 g/mol. The highest BCUT2D eigenvalue weighted by Gasteiger charge is 2.30. The fraction of sp³-hybridized carbons (Fsp3) is 0.407. The second kappa shape index (κ2) is 9.96. The smallest absolute Gasteiger partial charge is 0.274 e. The van der Waals surface area contributed by atoms with Gasteiger partial charge < -0.3 is 14.4 Å². The summed E-state index contributed by atoms with van der Waals surface area (Å²) in [6.45, 7) is 7.62. The molecule has 0 unspecified atom stereocenters. The van der Waals surface area contributed by atoms with Crippen molar-refractivity contribution < 1.29 is 14.3 Å². The Kier molecular flexibility index (Phi) is 7.03. The number of thiazole rings is 1. The van der Waals surface area contributed by atoms with Crippen molar-refractivity contribution in [1.82, 2.24) is 9.88 Å². The number of aromatic nitrogens is 1. The third-order valence-electron chi connectivity index (χ3n) is 6.29. The number of aryl methyl sites for hydroxylation is 3. The first kappa shape index (κ1) is 23.3. The highest BCUT2D eigenvalue weighted by Crippen LogP contribution is 2.34. The second-order valence-corrected chi connectivity index (χ2v) is 10.0. The summed E-state index contributed by atoms with van der Waals surface area (Å²) in [5, 5.41) is 0.915. The van der Waals surface area contributed by atoms with Gasteiger partial charge >= 0.3 is 0 Å². The van der Waals surface area contributed by atoms with Crippen LogP contribution in [0.15, 0.2) is 36.4 Å². The molecule has 1 aliphatic carbocycles. The normalized spacial score (nSPS) is 13.1. The van der Waals surface area contributed by atoms with Crippen molar-refractivity contribution in [3.63, 3.8) is 0 Å². The average molecular weight is 465 g/mol. The number of hydrogen-bond acceptors (Lipinski definition) is 5. The highest BCUT2D eigenvalue weighted by atomic mass is 32.1. The van der Waals surface area contributed by atoms with Crippen LogP contribution in [0.25, 0.3) is 10.4 Å². The Morgan fingerprint density at radius 2 is 1.79 bits per heavy atom. The molecule has 3 aromatic rings. The van der Waals surface area contributed by atoms with E-state index in [-0.39, 0.29) is 5.91 Å². The summed E-state index contributed by atoms with van der Waals surface area (Å²) < 4.78 is 10.8. The number of nitrogens with zero attached hydrogens (tertiary/aromatic N) is 2. The van der Waals surface area contributed by atoms with Crippen LogP contribution in [-0.2, 0) is 6.42 Å². The molecule has 174 valence electrons. The zero-order valence-electron chi connectivity index (χ0n) is 20.1. The van der Waals surface area contributed by atoms with E-state index in [1.54, 1.807) is 25.6 Å². The first-order chi connectivity index (χ1) is 15.9. The molecular formula is C27H32N2O3S. The second-order valence-electron chi connectivity index (χ2n) is 8.84. The predicted octanol–water partition coefficient (Wildman–Crippen LogP) is 5.85. The number of hydrogen-bond donors (Lipinski definition) is 0. The molecule has 5 nitrogen and oxygen atoms in total. The first-order valence-corrected chi connectivity index (χ1v) is 12.3. The quantitative estimate of drug-likeness (QED) is 0.399. The summed E-state index contributed by atoms with van der Waals surface area (Å²) in [5.41, 5.74) is 5.23. The Hall–Kier alpha value is -2.86. The molecule has 0 spiro atoms. The minimum absolute atomic E-state index is 0.0277. The van der Waals surface area contributed by atoms with Gasteiger partial charge in [0.1, 0.15) is 5.69 Å². The van der Waals surface area contributed by atoms with Crippen LogP contribution in [0.4, 0.5) is 0 Å². The van der Waals surface area contributed by atoms with E-state index in [2.05, 4.69) is 37.0 Å². The van der Waals surface area contributed by atoms with Gasteiger partial charge in [-0.25, -0.2) is 4.98 Å². The monoisotopic (exact) mass is 464 g/mol. The Labute approximate surface area is 200 Å². The minimum Gasteiger partial charge on any atom is -0.493 e. The Balaban J connectivity index is 1.58. The van der Waals surface area contributed by atoms with Gasteiger partial charge in [-0.15, -0.1) is 11.3 Å². The number of amides is 1. The molecule has 0 bridgehead atoms. The molecule has 2 aromatic carbocycles. The van der Waals surface area contributed by atoms with Gasteiger partial charge in [0.2, 0.25) is 0 Å². The van der Waals surface area contributed by atoms with Gasteiger partial charge in [-0.2, -0.15) is 0 Å². The van der Waals surface area contributed by atoms with Crippen LogP contribution in [0.5, 0.6) is 11.5 Å². The lowest BCUT2D eigenvalue weighted by Gasteiger charge is -2.23. The van der Waals surface area contributed by atoms with Crippen LogP contribution >= 0.6 is 11.3 Å². The number of ether oxygens (including phenoxy) is 2. The topological polar surface area (TPSA) is 51.7 Å². The van der Waals surface area contributed by atoms with Gasteiger partial charge in [-0.1, -0.05) is 24.3 Å². The molecule has 0 aliphatic heterocycles. The lowest BCUT2D eigenvalue weighted by Crippen LogP contribution is -2.35. The van der Waals surface area contributed by atoms with Gasteiger partial charge in [0.25, 0.3) is 5.91 Å². The predicted molar refractivity (Wildman–Crippen MR) is 134 cm³/mol. The third kappa shape index (κ3) is 5.38. The lowest BCUT2D eigenvalue weighted by atomic mass is 10.0. The van der Waals surface area contributed by atoms with Crippen molar-refractivity contribution in [1.29, 1.82) is 0 Å². The summed E-state index contributed by atoms with van der Waals surface area (Å²) >= 11 is 1.60. The van der Waals surface area contributed by atoms with Crippen molar-refractivity contribution in [3.05, 3.63) is 63.8 Å². The number of carbonyl (C=O) groups excluding carboxylic acids is 1. The van der Waals surface area contributed by atoms with Gasteiger partial charge in [0.05, 0.1) is 24.1 Å². The van der Waals surface area contributed by atoms with Crippen molar-refractivity contribution in [3.8, 4) is 21.9 Å². The SMILES string of the molecule is COc1ccc(CCN(CC2CC2)C(=O)c2nc(C)sc2-c2ccc(C)c(C)c2)cc1OC. The zero-order valence-corrected chi connectivity index (χ0v) is 20.9. The maximum Gasteiger partial charge on any atom is 0.274 e. The molecule has 1 heterocycles. The van der Waals surface area contributed by atoms with E-state index in [9.17, 15) is 4.79 Å². The number of benzene rings is 2. The van der Waals surface area contributed by atoms with Crippen molar-refractivity contribution in [2.75, 3.05) is 27.3 Å². The largest absolute Gasteiger partial charge is 0.493 e. The van der Waals surface area contributed by atoms with Crippen LogP contribution in [0.3, 0.4) is 0 Å². The maximum atomic E-state index is 13.7. The van der Waals surface area contributed by atoms with E-state index < -0.39 is 0 Å². The fourth-order valence-electron chi connectivity index (χ4n) is 3.99. The molecule has 6 heteroatoms. The first-order valence-electron chi connectivity index (χ1n) is 11.4. The van der Waals surface area contributed by atoms with Crippen LogP contribution < -0.4 is 9.47 Å². The van der Waals surface area contributed by atoms with E-state index in [1.807, 2.05) is 30.0 Å². The van der Waals surface area contributed by atoms with Crippen LogP contribution in [0, 0.1) is 26.7 Å². The molecule has 0 radical (unpaired) electrons. The van der Waals surface area contributed by atoms with E-state index >= 15 is 0 Å². The van der Waals surface area contributed by atoms with E-state index in [1.165, 1.54) is 24.0 Å². The number of rotatable bonds is 9. The van der Waals surface area contributed by atoms with Crippen molar-refractivity contribution >= 4 is 17.2 Å². The van der Waals surface area contributed by atoms with Crippen LogP contribution in [0.1, 0.15) is 45.0 Å². The molecule has 4 rings (SSSR count). The summed E-state index contributed by atoms with van der Waals surface area (Å²) in [6, 6.07) is 12.3. The third-order valence-corrected chi connectivity index (χ3v) is 7.31. The van der Waals surface area contributed by atoms with Crippen LogP contribution in [-0.4, -0.2) is 43.1 Å². The van der Waals surface area contributed by atoms with Crippen LogP contribution in [0.2, 0.25) is 0 Å². The molecule has 1 amide bonds. The lowest BCUT2D eigenvalue weighted by molar-refractivity contribution is 0.0745. The summed E-state index contributed by atoms with van der Waals surface area (Å²) in [4.78, 5) is 21.4. The van der Waals surface area contributed by atoms with E-state index in [4.69, 9.17) is 9.47 Å². The summed E-state index contributed by atoms with van der Waals surface area (Å²) in [5.74, 6) is 2.05. The Morgan fingerprint density at radius 1 is 1.03 bits per heavy atom. The molecule has 0 saturated heterocycles. The molecule has 33 heavy (non-hydrogen) atoms. The molecule has 1 saturated carbocycles. The summed E-state index contributed by atoms with van der Waals surface area (Å²) in [7, 11) is 3.28. The fourth-order valence-corrected chi connectivity index (χ4v) is 4.89. The molecule has 1 aliphatic rings. The van der Waals surface area contributed by atoms with E-state index in [0.29, 0.717) is 29.7 Å². The van der Waals surface area contributed by atoms with Crippen molar-refractivity contribution in [2.24, 2.45) is 5.92 Å². The maximum absolute atomic E-state index is 13.7. The highest BCUT2D eigenvalue weighted by molar-refractivity contribution is 7.15. The molecule has 1 aromatic heterocycles. The summed E-state index contributed by atoms with van der Waals surface area (Å²) in [6.07, 6.45) is 3.14. The van der Waals surface area contributed by atoms with Gasteiger partial charge in [-0.3, -0.25) is 4.79 Å². The number of methoxy groups -OCH3 is 2. The van der Waals surface area contributed by atoms with Gasteiger partial charge in [0.15, 0.2) is 11.5 Å². The standard InChI is InChI=1S/C27H32N2O3S/c1-17-6-10-22(14-18(17)2)26-25(28-19(3)33-26)27(30)29(16-21-7-8-21)13-12-20-9-11-23(31-4)24(15-20)32-5/h6,9-11,14-15,21H,7-8,12-13,16H2,1-5H3.